The van der Waals surface area contributed by atoms with Gasteiger partial charge in [0.15, 0.2) is 0 Å². The van der Waals surface area contributed by atoms with E-state index in [1.807, 2.05) is 71.3 Å². The Hall–Kier alpha value is -7.23. The van der Waals surface area contributed by atoms with Crippen molar-refractivity contribution in [3.05, 3.63) is 194 Å². The molecule has 2 aromatic heterocycles. The fourth-order valence-corrected chi connectivity index (χ4v) is 8.15. The predicted molar refractivity (Wildman–Crippen MR) is 225 cm³/mol. The van der Waals surface area contributed by atoms with Crippen LogP contribution in [0.1, 0.15) is 6.85 Å². The third-order valence-electron chi connectivity index (χ3n) is 10.5. The fourth-order valence-electron chi connectivity index (χ4n) is 8.15. The highest BCUT2D eigenvalue weighted by atomic mass is 16.3. The van der Waals surface area contributed by atoms with Crippen LogP contribution < -0.4 is 0 Å². The summed E-state index contributed by atoms with van der Waals surface area (Å²) in [7, 11) is 0. The van der Waals surface area contributed by atoms with E-state index in [-0.39, 0.29) is 23.5 Å². The van der Waals surface area contributed by atoms with Gasteiger partial charge < -0.3 is 4.42 Å². The molecule has 0 aliphatic rings. The number of benzene rings is 9. The van der Waals surface area contributed by atoms with Gasteiger partial charge in [0, 0.05) is 21.9 Å². The summed E-state index contributed by atoms with van der Waals surface area (Å²) in [6, 6.07) is 54.1. The molecule has 0 aliphatic heterocycles. The number of hydrogen-bond donors (Lipinski definition) is 0. The first-order valence-corrected chi connectivity index (χ1v) is 18.0. The van der Waals surface area contributed by atoms with E-state index in [0.29, 0.717) is 5.52 Å². The fraction of sp³-hybridized carbons (Fsp3) is 0. The van der Waals surface area contributed by atoms with Gasteiger partial charge >= 0.3 is 0 Å². The van der Waals surface area contributed by atoms with E-state index < -0.39 is 18.1 Å². The standard InChI is InChI=1S/C51H32N2O/c1-3-15-33(16-4-1)35-27-29-40-43(31-35)49(36-28-30-48-42(32-36)37-19-10-14-26-47(37)54-48)38-20-7-8-21-39(38)50(40)41-22-9-12-24-45(41)53-46-25-13-11-23-44(46)52-51(53)34-17-5-2-6-18-34/h1-32H/i2D,5D,6D,17D,18D. The summed E-state index contributed by atoms with van der Waals surface area (Å²) < 4.78 is 51.6. The van der Waals surface area contributed by atoms with Crippen LogP contribution in [-0.2, 0) is 0 Å². The topological polar surface area (TPSA) is 31.0 Å². The molecule has 252 valence electrons. The maximum absolute atomic E-state index is 8.99. The van der Waals surface area contributed by atoms with Gasteiger partial charge in [0.2, 0.25) is 0 Å². The third-order valence-corrected chi connectivity index (χ3v) is 10.5. The van der Waals surface area contributed by atoms with E-state index in [4.69, 9.17) is 16.3 Å². The van der Waals surface area contributed by atoms with Crippen molar-refractivity contribution >= 4 is 54.5 Å². The Morgan fingerprint density at radius 2 is 1.09 bits per heavy atom. The van der Waals surface area contributed by atoms with Crippen LogP contribution in [0.5, 0.6) is 0 Å². The van der Waals surface area contributed by atoms with E-state index in [2.05, 4.69) is 97.1 Å². The zero-order valence-electron chi connectivity index (χ0n) is 33.9. The van der Waals surface area contributed by atoms with Gasteiger partial charge in [-0.3, -0.25) is 4.57 Å². The summed E-state index contributed by atoms with van der Waals surface area (Å²) in [5.41, 5.74) is 10.2. The normalized spacial score (nSPS) is 13.0. The van der Waals surface area contributed by atoms with Gasteiger partial charge in [-0.25, -0.2) is 4.98 Å². The molecule has 0 saturated carbocycles. The van der Waals surface area contributed by atoms with Crippen molar-refractivity contribution in [3.63, 3.8) is 0 Å². The molecule has 0 fully saturated rings. The van der Waals surface area contributed by atoms with Gasteiger partial charge in [0.25, 0.3) is 0 Å². The molecule has 3 nitrogen and oxygen atoms in total. The van der Waals surface area contributed by atoms with Crippen molar-refractivity contribution in [1.82, 2.24) is 9.55 Å². The van der Waals surface area contributed by atoms with Crippen LogP contribution in [-0.4, -0.2) is 9.55 Å². The molecule has 3 heteroatoms. The van der Waals surface area contributed by atoms with Gasteiger partial charge in [-0.1, -0.05) is 152 Å². The lowest BCUT2D eigenvalue weighted by atomic mass is 9.84. The molecule has 11 rings (SSSR count). The van der Waals surface area contributed by atoms with E-state index in [9.17, 15) is 0 Å². The summed E-state index contributed by atoms with van der Waals surface area (Å²) in [5.74, 6) is 0.271. The molecule has 0 radical (unpaired) electrons. The second-order valence-electron chi connectivity index (χ2n) is 13.5. The molecule has 0 bridgehead atoms. The minimum atomic E-state index is -0.445. The Labute approximate surface area is 319 Å². The van der Waals surface area contributed by atoms with Crippen molar-refractivity contribution in [2.24, 2.45) is 0 Å². The average molecular weight is 694 g/mol. The van der Waals surface area contributed by atoms with Crippen LogP contribution >= 0.6 is 0 Å². The second-order valence-corrected chi connectivity index (χ2v) is 13.5. The summed E-state index contributed by atoms with van der Waals surface area (Å²) in [6.45, 7) is 0. The SMILES string of the molecule is [2H]c1c([2H])c([2H])c(-c2nc3ccccc3n2-c2ccccc2-c2c3ccccc3c(-c3ccc4oc5ccccc5c4c3)c3cc(-c4ccccc4)ccc23)c([2H])c1[2H]. The minimum Gasteiger partial charge on any atom is -0.456 e. The number of fused-ring (bicyclic) bond motifs is 6. The molecule has 0 atom stereocenters. The number of furan rings is 1. The maximum Gasteiger partial charge on any atom is 0.145 e. The molecule has 0 unspecified atom stereocenters. The molecule has 0 amide bonds. The predicted octanol–water partition coefficient (Wildman–Crippen LogP) is 13.9. The molecule has 0 spiro atoms. The van der Waals surface area contributed by atoms with Crippen molar-refractivity contribution in [2.75, 3.05) is 0 Å². The highest BCUT2D eigenvalue weighted by Gasteiger charge is 2.23. The number of imidazole rings is 1. The first kappa shape index (κ1) is 25.7. The Bertz CT molecular complexity index is 3490. The Morgan fingerprint density at radius 3 is 1.96 bits per heavy atom. The van der Waals surface area contributed by atoms with Crippen LogP contribution in [0.15, 0.2) is 198 Å². The smallest absolute Gasteiger partial charge is 0.145 e. The van der Waals surface area contributed by atoms with Crippen LogP contribution in [0.25, 0.3) is 105 Å². The van der Waals surface area contributed by atoms with Crippen molar-refractivity contribution in [2.45, 2.75) is 0 Å². The Morgan fingerprint density at radius 1 is 0.444 bits per heavy atom. The molecule has 0 saturated heterocycles. The molecule has 0 aliphatic carbocycles. The number of hydrogen-bond acceptors (Lipinski definition) is 2. The summed E-state index contributed by atoms with van der Waals surface area (Å²) >= 11 is 0. The quantitative estimate of drug-likeness (QED) is 0.168. The molecule has 9 aromatic carbocycles. The highest BCUT2D eigenvalue weighted by molar-refractivity contribution is 6.23. The van der Waals surface area contributed by atoms with Crippen molar-refractivity contribution < 1.29 is 11.3 Å². The number of rotatable bonds is 5. The molecule has 0 N–H and O–H groups in total. The van der Waals surface area contributed by atoms with Crippen molar-refractivity contribution in [1.29, 1.82) is 0 Å². The van der Waals surface area contributed by atoms with Gasteiger partial charge in [0.05, 0.1) is 23.6 Å². The van der Waals surface area contributed by atoms with E-state index >= 15 is 0 Å². The number of nitrogens with zero attached hydrogens (tertiary/aromatic N) is 2. The van der Waals surface area contributed by atoms with Crippen LogP contribution in [0, 0.1) is 0 Å². The minimum absolute atomic E-state index is 0.0433. The Kier molecular flexibility index (Phi) is 5.79. The summed E-state index contributed by atoms with van der Waals surface area (Å²) in [4.78, 5) is 4.98. The largest absolute Gasteiger partial charge is 0.456 e. The first-order valence-electron chi connectivity index (χ1n) is 20.5. The molecular formula is C51H32N2O. The molecule has 54 heavy (non-hydrogen) atoms. The van der Waals surface area contributed by atoms with Gasteiger partial charge in [-0.05, 0) is 91.8 Å². The monoisotopic (exact) mass is 693 g/mol. The highest BCUT2D eigenvalue weighted by Crippen LogP contribution is 2.47. The van der Waals surface area contributed by atoms with E-state index in [0.717, 1.165) is 88.1 Å². The van der Waals surface area contributed by atoms with Crippen LogP contribution in [0.2, 0.25) is 0 Å². The lowest BCUT2D eigenvalue weighted by Gasteiger charge is -2.21. The lowest BCUT2D eigenvalue weighted by molar-refractivity contribution is 0.669. The van der Waals surface area contributed by atoms with Crippen LogP contribution in [0.3, 0.4) is 0 Å². The molecular weight excluding hydrogens is 657 g/mol. The number of aromatic nitrogens is 2. The van der Waals surface area contributed by atoms with Crippen LogP contribution in [0.4, 0.5) is 0 Å². The number of para-hydroxylation sites is 4. The van der Waals surface area contributed by atoms with Gasteiger partial charge in [-0.2, -0.15) is 0 Å². The average Bonchev–Trinajstić information content (AvgIpc) is 3.85. The zero-order valence-corrected chi connectivity index (χ0v) is 28.9. The molecule has 2 heterocycles. The second kappa shape index (κ2) is 12.2. The maximum atomic E-state index is 8.99. The molecule has 11 aromatic rings. The third kappa shape index (κ3) is 4.72. The summed E-state index contributed by atoms with van der Waals surface area (Å²) in [5, 5.41) is 6.34. The van der Waals surface area contributed by atoms with Crippen molar-refractivity contribution in [3.8, 4) is 50.5 Å². The van der Waals surface area contributed by atoms with E-state index in [1.54, 1.807) is 0 Å². The summed E-state index contributed by atoms with van der Waals surface area (Å²) in [6.07, 6.45) is 0. The first-order chi connectivity index (χ1) is 28.9. The Balaban J connectivity index is 1.26. The van der Waals surface area contributed by atoms with E-state index in [1.165, 1.54) is 0 Å². The van der Waals surface area contributed by atoms with Gasteiger partial charge in [-0.15, -0.1) is 0 Å². The lowest BCUT2D eigenvalue weighted by Crippen LogP contribution is -2.01. The zero-order chi connectivity index (χ0) is 39.9. The van der Waals surface area contributed by atoms with Gasteiger partial charge in [0.1, 0.15) is 17.0 Å².